The number of halogens is 1. The standard InChI is InChI=1S/C15H14FN3OS/c1-19(9-11-4-2-3-5-12(11)16)15(20)13-7-6-10(8-18-13)14(17)21/h2-8H,9H2,1H3,(H2,17,21). The zero-order valence-electron chi connectivity index (χ0n) is 11.4. The highest BCUT2D eigenvalue weighted by Crippen LogP contribution is 2.11. The fourth-order valence-electron chi connectivity index (χ4n) is 1.82. The van der Waals surface area contributed by atoms with Crippen molar-refractivity contribution in [3.63, 3.8) is 0 Å². The number of nitrogens with zero attached hydrogens (tertiary/aromatic N) is 2. The molecule has 0 spiro atoms. The van der Waals surface area contributed by atoms with Gasteiger partial charge in [-0.15, -0.1) is 0 Å². The maximum absolute atomic E-state index is 13.6. The van der Waals surface area contributed by atoms with Crippen LogP contribution in [0.1, 0.15) is 21.6 Å². The van der Waals surface area contributed by atoms with E-state index in [1.54, 1.807) is 37.4 Å². The summed E-state index contributed by atoms with van der Waals surface area (Å²) in [6.07, 6.45) is 1.45. The Morgan fingerprint density at radius 2 is 2.05 bits per heavy atom. The number of nitrogens with two attached hydrogens (primary N) is 1. The summed E-state index contributed by atoms with van der Waals surface area (Å²) < 4.78 is 13.6. The van der Waals surface area contributed by atoms with Crippen molar-refractivity contribution in [2.45, 2.75) is 6.54 Å². The fourth-order valence-corrected chi connectivity index (χ4v) is 1.94. The van der Waals surface area contributed by atoms with Gasteiger partial charge in [-0.1, -0.05) is 30.4 Å². The molecule has 0 unspecified atom stereocenters. The van der Waals surface area contributed by atoms with Crippen LogP contribution in [0, 0.1) is 5.82 Å². The van der Waals surface area contributed by atoms with Gasteiger partial charge in [-0.25, -0.2) is 4.39 Å². The number of thiocarbonyl (C=S) groups is 1. The molecule has 0 saturated carbocycles. The molecule has 0 aliphatic carbocycles. The van der Waals surface area contributed by atoms with Gasteiger partial charge in [0.05, 0.1) is 0 Å². The quantitative estimate of drug-likeness (QED) is 0.879. The van der Waals surface area contributed by atoms with Gasteiger partial charge in [0.1, 0.15) is 16.5 Å². The number of rotatable bonds is 4. The van der Waals surface area contributed by atoms with Crippen molar-refractivity contribution < 1.29 is 9.18 Å². The summed E-state index contributed by atoms with van der Waals surface area (Å²) in [6, 6.07) is 9.53. The molecule has 1 amide bonds. The zero-order chi connectivity index (χ0) is 15.4. The molecular formula is C15H14FN3OS. The summed E-state index contributed by atoms with van der Waals surface area (Å²) in [5.41, 5.74) is 6.78. The Balaban J connectivity index is 2.12. The average molecular weight is 303 g/mol. The molecule has 4 nitrogen and oxygen atoms in total. The molecular weight excluding hydrogens is 289 g/mol. The minimum absolute atomic E-state index is 0.171. The Kier molecular flexibility index (Phi) is 4.59. The Morgan fingerprint density at radius 3 is 2.62 bits per heavy atom. The predicted octanol–water partition coefficient (Wildman–Crippen LogP) is 2.13. The first kappa shape index (κ1) is 15.1. The molecule has 0 aliphatic rings. The van der Waals surface area contributed by atoms with Crippen molar-refractivity contribution in [3.05, 3.63) is 65.2 Å². The summed E-state index contributed by atoms with van der Waals surface area (Å²) in [4.78, 5) is 17.9. The molecule has 2 aromatic rings. The summed E-state index contributed by atoms with van der Waals surface area (Å²) in [5, 5.41) is 0. The second-order valence-electron chi connectivity index (χ2n) is 4.55. The van der Waals surface area contributed by atoms with Gasteiger partial charge in [-0.3, -0.25) is 9.78 Å². The summed E-state index contributed by atoms with van der Waals surface area (Å²) in [5.74, 6) is -0.637. The van der Waals surface area contributed by atoms with Crippen molar-refractivity contribution >= 4 is 23.1 Å². The molecule has 108 valence electrons. The van der Waals surface area contributed by atoms with E-state index in [0.29, 0.717) is 11.1 Å². The second kappa shape index (κ2) is 6.41. The smallest absolute Gasteiger partial charge is 0.272 e. The predicted molar refractivity (Wildman–Crippen MR) is 82.3 cm³/mol. The third-order valence-corrected chi connectivity index (χ3v) is 3.21. The van der Waals surface area contributed by atoms with Crippen molar-refractivity contribution in [1.29, 1.82) is 0 Å². The van der Waals surface area contributed by atoms with Crippen LogP contribution in [-0.4, -0.2) is 27.8 Å². The molecule has 21 heavy (non-hydrogen) atoms. The first-order chi connectivity index (χ1) is 9.99. The van der Waals surface area contributed by atoms with Crippen LogP contribution in [-0.2, 0) is 6.54 Å². The maximum Gasteiger partial charge on any atom is 0.272 e. The lowest BCUT2D eigenvalue weighted by Gasteiger charge is -2.17. The Bertz CT molecular complexity index is 673. The number of carbonyl (C=O) groups is 1. The molecule has 0 fully saturated rings. The van der Waals surface area contributed by atoms with Crippen LogP contribution in [0.5, 0.6) is 0 Å². The van der Waals surface area contributed by atoms with Crippen LogP contribution in [0.2, 0.25) is 0 Å². The Hall–Kier alpha value is -2.34. The van der Waals surface area contributed by atoms with E-state index < -0.39 is 0 Å². The lowest BCUT2D eigenvalue weighted by atomic mass is 10.2. The van der Waals surface area contributed by atoms with Gasteiger partial charge in [0.25, 0.3) is 5.91 Å². The van der Waals surface area contributed by atoms with E-state index >= 15 is 0 Å². The fraction of sp³-hybridized carbons (Fsp3) is 0.133. The first-order valence-electron chi connectivity index (χ1n) is 6.24. The number of hydrogen-bond acceptors (Lipinski definition) is 3. The van der Waals surface area contributed by atoms with Gasteiger partial charge >= 0.3 is 0 Å². The molecule has 2 rings (SSSR count). The lowest BCUT2D eigenvalue weighted by Crippen LogP contribution is -2.27. The highest BCUT2D eigenvalue weighted by molar-refractivity contribution is 7.80. The minimum Gasteiger partial charge on any atom is -0.389 e. The van der Waals surface area contributed by atoms with Crippen LogP contribution >= 0.6 is 12.2 Å². The summed E-state index contributed by atoms with van der Waals surface area (Å²) >= 11 is 4.82. The van der Waals surface area contributed by atoms with Gasteiger partial charge in [-0.2, -0.15) is 0 Å². The molecule has 1 aromatic carbocycles. The summed E-state index contributed by atoms with van der Waals surface area (Å²) in [6.45, 7) is 0.171. The number of benzene rings is 1. The largest absolute Gasteiger partial charge is 0.389 e. The molecule has 6 heteroatoms. The first-order valence-corrected chi connectivity index (χ1v) is 6.64. The van der Waals surface area contributed by atoms with Crippen molar-refractivity contribution in [2.24, 2.45) is 5.73 Å². The molecule has 2 N–H and O–H groups in total. The highest BCUT2D eigenvalue weighted by atomic mass is 32.1. The summed E-state index contributed by atoms with van der Waals surface area (Å²) in [7, 11) is 1.60. The average Bonchev–Trinajstić information content (AvgIpc) is 2.49. The van der Waals surface area contributed by atoms with Gasteiger partial charge in [0.2, 0.25) is 0 Å². The molecule has 1 aromatic heterocycles. The Labute approximate surface area is 127 Å². The van der Waals surface area contributed by atoms with E-state index in [2.05, 4.69) is 4.98 Å². The van der Waals surface area contributed by atoms with Crippen LogP contribution in [0.15, 0.2) is 42.6 Å². The van der Waals surface area contributed by atoms with Crippen LogP contribution in [0.3, 0.4) is 0 Å². The van der Waals surface area contributed by atoms with E-state index in [9.17, 15) is 9.18 Å². The number of aromatic nitrogens is 1. The number of carbonyl (C=O) groups excluding carboxylic acids is 1. The van der Waals surface area contributed by atoms with Crippen molar-refractivity contribution in [2.75, 3.05) is 7.05 Å². The molecule has 0 saturated heterocycles. The van der Waals surface area contributed by atoms with Gasteiger partial charge in [0.15, 0.2) is 0 Å². The highest BCUT2D eigenvalue weighted by Gasteiger charge is 2.15. The second-order valence-corrected chi connectivity index (χ2v) is 4.99. The third-order valence-electron chi connectivity index (χ3n) is 2.98. The monoisotopic (exact) mass is 303 g/mol. The van der Waals surface area contributed by atoms with E-state index in [-0.39, 0.29) is 29.0 Å². The van der Waals surface area contributed by atoms with Gasteiger partial charge < -0.3 is 10.6 Å². The number of amides is 1. The van der Waals surface area contributed by atoms with E-state index in [1.807, 2.05) is 0 Å². The third kappa shape index (κ3) is 3.61. The molecule has 0 aliphatic heterocycles. The van der Waals surface area contributed by atoms with Gasteiger partial charge in [-0.05, 0) is 18.2 Å². The van der Waals surface area contributed by atoms with Crippen molar-refractivity contribution in [3.8, 4) is 0 Å². The topological polar surface area (TPSA) is 59.2 Å². The van der Waals surface area contributed by atoms with Crippen LogP contribution in [0.4, 0.5) is 4.39 Å². The number of pyridine rings is 1. The maximum atomic E-state index is 13.6. The molecule has 1 heterocycles. The Morgan fingerprint density at radius 1 is 1.33 bits per heavy atom. The van der Waals surface area contributed by atoms with Gasteiger partial charge in [0, 0.05) is 30.9 Å². The molecule has 0 radical (unpaired) electrons. The molecule has 0 bridgehead atoms. The normalized spacial score (nSPS) is 10.2. The van der Waals surface area contributed by atoms with E-state index in [1.165, 1.54) is 17.2 Å². The van der Waals surface area contributed by atoms with E-state index in [0.717, 1.165) is 0 Å². The SMILES string of the molecule is CN(Cc1ccccc1F)C(=O)c1ccc(C(N)=S)cn1. The van der Waals surface area contributed by atoms with Crippen LogP contribution in [0.25, 0.3) is 0 Å². The zero-order valence-corrected chi connectivity index (χ0v) is 12.2. The number of hydrogen-bond donors (Lipinski definition) is 1. The van der Waals surface area contributed by atoms with Crippen molar-refractivity contribution in [1.82, 2.24) is 9.88 Å². The minimum atomic E-state index is -0.339. The van der Waals surface area contributed by atoms with E-state index in [4.69, 9.17) is 18.0 Å². The molecule has 0 atom stereocenters. The lowest BCUT2D eigenvalue weighted by molar-refractivity contribution is 0.0778. The van der Waals surface area contributed by atoms with Crippen LogP contribution < -0.4 is 5.73 Å².